The van der Waals surface area contributed by atoms with E-state index in [2.05, 4.69) is 38.8 Å². The van der Waals surface area contributed by atoms with Crippen LogP contribution in [0.25, 0.3) is 21.3 Å². The molecule has 0 saturated carbocycles. The largest absolute Gasteiger partial charge is 0.377 e. The fraction of sp³-hybridized carbons (Fsp3) is 0.308. The molecule has 3 aromatic heterocycles. The predicted octanol–water partition coefficient (Wildman–Crippen LogP) is 4.21. The number of nitrogens with zero attached hydrogens (tertiary/aromatic N) is 4. The topological polar surface area (TPSA) is 106 Å². The van der Waals surface area contributed by atoms with E-state index in [0.717, 1.165) is 64.5 Å². The summed E-state index contributed by atoms with van der Waals surface area (Å²) in [5.74, 6) is 2.09. The second-order valence-electron chi connectivity index (χ2n) is 8.62. The van der Waals surface area contributed by atoms with E-state index in [1.165, 1.54) is 0 Å². The number of thiophene rings is 1. The van der Waals surface area contributed by atoms with Crippen LogP contribution in [-0.4, -0.2) is 41.1 Å². The van der Waals surface area contributed by atoms with Gasteiger partial charge in [0.2, 0.25) is 5.91 Å². The maximum Gasteiger partial charge on any atom is 0.220 e. The molecule has 1 fully saturated rings. The second-order valence-corrected chi connectivity index (χ2v) is 9.48. The first-order valence-corrected chi connectivity index (χ1v) is 12.6. The molecule has 0 radical (unpaired) electrons. The van der Waals surface area contributed by atoms with Crippen LogP contribution in [0.3, 0.4) is 0 Å². The number of aromatic nitrogens is 3. The lowest BCUT2D eigenvalue weighted by Crippen LogP contribution is -2.39. The lowest BCUT2D eigenvalue weighted by Gasteiger charge is -2.32. The molecule has 0 aliphatic carbocycles. The summed E-state index contributed by atoms with van der Waals surface area (Å²) in [5, 5.41) is 6.71. The number of ether oxygens (including phenoxy) is 1. The average molecular weight is 489 g/mol. The smallest absolute Gasteiger partial charge is 0.220 e. The fourth-order valence-electron chi connectivity index (χ4n) is 4.55. The van der Waals surface area contributed by atoms with Crippen molar-refractivity contribution in [3.63, 3.8) is 0 Å². The van der Waals surface area contributed by atoms with Crippen molar-refractivity contribution in [1.82, 2.24) is 15.0 Å². The van der Waals surface area contributed by atoms with E-state index < -0.39 is 0 Å². The van der Waals surface area contributed by atoms with Crippen molar-refractivity contribution >= 4 is 39.1 Å². The Morgan fingerprint density at radius 1 is 1.17 bits per heavy atom. The van der Waals surface area contributed by atoms with Gasteiger partial charge in [-0.1, -0.05) is 36.4 Å². The molecule has 1 saturated heterocycles. The number of fused-ring (bicyclic) bond motifs is 1. The molecule has 1 amide bonds. The van der Waals surface area contributed by atoms with Gasteiger partial charge < -0.3 is 20.7 Å². The summed E-state index contributed by atoms with van der Waals surface area (Å²) in [6.45, 7) is 2.42. The maximum atomic E-state index is 11.6. The van der Waals surface area contributed by atoms with Gasteiger partial charge in [0.15, 0.2) is 5.82 Å². The van der Waals surface area contributed by atoms with Gasteiger partial charge in [-0.15, -0.1) is 11.3 Å². The molecule has 3 N–H and O–H groups in total. The standard InChI is InChI=1S/C26H28N6O2S/c1-34-15-21-30-24(22-20(16-35-26(22)31-21)17-6-3-2-4-7-17)29-14-19-8-5-11-28-25(19)32-12-9-18(10-13-32)23(27)33/h2-8,11,16,18H,9-10,12-15H2,1H3,(H2,27,33)(H,29,30,31). The summed E-state index contributed by atoms with van der Waals surface area (Å²) in [4.78, 5) is 28.9. The third-order valence-corrected chi connectivity index (χ3v) is 7.22. The Morgan fingerprint density at radius 3 is 2.71 bits per heavy atom. The number of piperidine rings is 1. The van der Waals surface area contributed by atoms with E-state index in [1.807, 2.05) is 30.5 Å². The number of nitrogens with one attached hydrogen (secondary N) is 1. The van der Waals surface area contributed by atoms with Crippen molar-refractivity contribution < 1.29 is 9.53 Å². The van der Waals surface area contributed by atoms with Crippen LogP contribution in [-0.2, 0) is 22.7 Å². The number of amides is 1. The highest BCUT2D eigenvalue weighted by molar-refractivity contribution is 7.17. The summed E-state index contributed by atoms with van der Waals surface area (Å²) in [5.41, 5.74) is 8.82. The molecule has 4 aromatic rings. The molecule has 1 aliphatic heterocycles. The van der Waals surface area contributed by atoms with Gasteiger partial charge in [0, 0.05) is 55.4 Å². The molecule has 9 heteroatoms. The first kappa shape index (κ1) is 23.2. The number of nitrogens with two attached hydrogens (primary N) is 1. The zero-order valence-electron chi connectivity index (χ0n) is 19.6. The molecule has 180 valence electrons. The van der Waals surface area contributed by atoms with Gasteiger partial charge in [-0.2, -0.15) is 0 Å². The second kappa shape index (κ2) is 10.4. The van der Waals surface area contributed by atoms with Gasteiger partial charge in [0.25, 0.3) is 0 Å². The minimum atomic E-state index is -0.211. The molecule has 0 bridgehead atoms. The zero-order chi connectivity index (χ0) is 24.2. The lowest BCUT2D eigenvalue weighted by atomic mass is 9.96. The summed E-state index contributed by atoms with van der Waals surface area (Å²) >= 11 is 1.61. The van der Waals surface area contributed by atoms with Gasteiger partial charge in [-0.05, 0) is 24.5 Å². The van der Waals surface area contributed by atoms with Crippen molar-refractivity contribution in [1.29, 1.82) is 0 Å². The summed E-state index contributed by atoms with van der Waals surface area (Å²) in [6.07, 6.45) is 3.31. The monoisotopic (exact) mass is 488 g/mol. The number of primary amides is 1. The molecule has 5 rings (SSSR count). The van der Waals surface area contributed by atoms with Crippen LogP contribution in [0.5, 0.6) is 0 Å². The van der Waals surface area contributed by atoms with Crippen LogP contribution in [0.1, 0.15) is 24.2 Å². The van der Waals surface area contributed by atoms with Crippen LogP contribution in [0, 0.1) is 5.92 Å². The first-order valence-electron chi connectivity index (χ1n) is 11.7. The number of rotatable bonds is 8. The Labute approximate surface area is 208 Å². The Kier molecular flexibility index (Phi) is 6.87. The van der Waals surface area contributed by atoms with Crippen LogP contribution in [0.15, 0.2) is 54.0 Å². The Hall–Kier alpha value is -3.56. The number of hydrogen-bond donors (Lipinski definition) is 2. The molecule has 4 heterocycles. The molecule has 1 aliphatic rings. The third-order valence-electron chi connectivity index (χ3n) is 6.35. The van der Waals surface area contributed by atoms with E-state index in [-0.39, 0.29) is 11.8 Å². The van der Waals surface area contributed by atoms with Crippen molar-refractivity contribution in [3.05, 3.63) is 65.4 Å². The molecule has 35 heavy (non-hydrogen) atoms. The number of carbonyl (C=O) groups excluding carboxylic acids is 1. The van der Waals surface area contributed by atoms with E-state index in [4.69, 9.17) is 20.4 Å². The average Bonchev–Trinajstić information content (AvgIpc) is 3.32. The number of benzene rings is 1. The SMILES string of the molecule is COCc1nc(NCc2cccnc2N2CCC(C(N)=O)CC2)c2c(-c3ccccc3)csc2n1. The van der Waals surface area contributed by atoms with Crippen LogP contribution in [0.2, 0.25) is 0 Å². The van der Waals surface area contributed by atoms with Gasteiger partial charge >= 0.3 is 0 Å². The van der Waals surface area contributed by atoms with Gasteiger partial charge in [-0.3, -0.25) is 4.79 Å². The highest BCUT2D eigenvalue weighted by atomic mass is 32.1. The number of anilines is 2. The van der Waals surface area contributed by atoms with Crippen molar-refractivity contribution in [2.45, 2.75) is 26.0 Å². The molecule has 0 atom stereocenters. The highest BCUT2D eigenvalue weighted by Gasteiger charge is 2.25. The van der Waals surface area contributed by atoms with Crippen molar-refractivity contribution in [2.75, 3.05) is 30.4 Å². The van der Waals surface area contributed by atoms with E-state index >= 15 is 0 Å². The molecule has 8 nitrogen and oxygen atoms in total. The van der Waals surface area contributed by atoms with Gasteiger partial charge in [0.05, 0.1) is 5.39 Å². The molecule has 0 spiro atoms. The van der Waals surface area contributed by atoms with E-state index in [1.54, 1.807) is 18.4 Å². The minimum absolute atomic E-state index is 0.0555. The number of methoxy groups -OCH3 is 1. The highest BCUT2D eigenvalue weighted by Crippen LogP contribution is 2.37. The Balaban J connectivity index is 1.45. The zero-order valence-corrected chi connectivity index (χ0v) is 20.4. The summed E-state index contributed by atoms with van der Waals surface area (Å²) < 4.78 is 5.31. The first-order chi connectivity index (χ1) is 17.1. The van der Waals surface area contributed by atoms with Gasteiger partial charge in [-0.25, -0.2) is 15.0 Å². The van der Waals surface area contributed by atoms with Crippen LogP contribution in [0.4, 0.5) is 11.6 Å². The summed E-state index contributed by atoms with van der Waals surface area (Å²) in [7, 11) is 1.65. The molecule has 1 aromatic carbocycles. The molecular weight excluding hydrogens is 460 g/mol. The van der Waals surface area contributed by atoms with Crippen LogP contribution >= 0.6 is 11.3 Å². The number of hydrogen-bond acceptors (Lipinski definition) is 8. The quantitative estimate of drug-likeness (QED) is 0.383. The lowest BCUT2D eigenvalue weighted by molar-refractivity contribution is -0.122. The van der Waals surface area contributed by atoms with E-state index in [9.17, 15) is 4.79 Å². The summed E-state index contributed by atoms with van der Waals surface area (Å²) in [6, 6.07) is 14.3. The predicted molar refractivity (Wildman–Crippen MR) is 139 cm³/mol. The maximum absolute atomic E-state index is 11.6. The Morgan fingerprint density at radius 2 is 1.97 bits per heavy atom. The van der Waals surface area contributed by atoms with Crippen molar-refractivity contribution in [3.8, 4) is 11.1 Å². The fourth-order valence-corrected chi connectivity index (χ4v) is 5.51. The van der Waals surface area contributed by atoms with Crippen LogP contribution < -0.4 is 16.0 Å². The third kappa shape index (κ3) is 4.96. The van der Waals surface area contributed by atoms with E-state index in [0.29, 0.717) is 19.0 Å². The number of carbonyl (C=O) groups is 1. The molecule has 0 unspecified atom stereocenters. The Bertz CT molecular complexity index is 1320. The van der Waals surface area contributed by atoms with Gasteiger partial charge in [0.1, 0.15) is 23.1 Å². The minimum Gasteiger partial charge on any atom is -0.377 e. The molecular formula is C26H28N6O2S. The number of pyridine rings is 1. The van der Waals surface area contributed by atoms with Crippen molar-refractivity contribution in [2.24, 2.45) is 11.7 Å². The normalized spacial score (nSPS) is 14.4.